The van der Waals surface area contributed by atoms with E-state index in [1.165, 1.54) is 0 Å². The van der Waals surface area contributed by atoms with Crippen LogP contribution in [0.2, 0.25) is 0 Å². The highest BCUT2D eigenvalue weighted by atomic mass is 32.1. The van der Waals surface area contributed by atoms with E-state index >= 15 is 0 Å². The highest BCUT2D eigenvalue weighted by molar-refractivity contribution is 7.71. The van der Waals surface area contributed by atoms with E-state index < -0.39 is 60.3 Å². The first-order chi connectivity index (χ1) is 16.9. The van der Waals surface area contributed by atoms with Gasteiger partial charge in [-0.1, -0.05) is 24.1 Å². The quantitative estimate of drug-likeness (QED) is 0.109. The molecular weight excluding hydrogens is 590 g/mol. The van der Waals surface area contributed by atoms with Crippen molar-refractivity contribution in [2.75, 3.05) is 12.4 Å². The number of rotatable bonds is 8. The second-order valence-electron chi connectivity index (χ2n) is 7.34. The molecule has 2 aromatic rings. The van der Waals surface area contributed by atoms with Crippen molar-refractivity contribution < 1.29 is 65.8 Å². The summed E-state index contributed by atoms with van der Waals surface area (Å²) in [5.41, 5.74) is 3.18. The maximum atomic E-state index is 12.8. The van der Waals surface area contributed by atoms with Gasteiger partial charge in [-0.2, -0.15) is 8.62 Å². The second-order valence-corrected chi connectivity index (χ2v) is 12.1. The maximum absolute atomic E-state index is 12.8. The fraction of sp³-hybridized carbons (Fsp3) is 0.500. The summed E-state index contributed by atoms with van der Waals surface area (Å²) in [6.07, 6.45) is -6.21. The van der Waals surface area contributed by atoms with Crippen LogP contribution in [0.15, 0.2) is 6.33 Å². The number of nitrogens with one attached hydrogen (secondary N) is 1. The predicted octanol–water partition coefficient (Wildman–Crippen LogP) is -0.235. The molecule has 0 aromatic carbocycles. The number of fused-ring (bicyclic) bond motifs is 1. The summed E-state index contributed by atoms with van der Waals surface area (Å²) in [5, 5.41) is 22.0. The molecular formula is C14H19FN5O13P3S. The first-order valence-corrected chi connectivity index (χ1v) is 14.5. The molecule has 0 amide bonds. The number of halogens is 1. The second kappa shape index (κ2) is 10.5. The van der Waals surface area contributed by atoms with Crippen LogP contribution >= 0.6 is 35.7 Å². The molecule has 23 heteroatoms. The standard InChI is InChI=1S/C14H19FN5O13P3S/c1-6(31-35(26,27)33-36(28,29)32-34(23,24)25)8-9(21)14(22,3-2-4-15)12(30-8)20-5-17-7-10(20)18-13(16)19-11(7)37/h5-6,8-9,12,21-22H,4H2,1H3,(H,26,27)(H,28,29)(H2,23,24,25)(H3,16,18,19,37)/t6-,8+,9-,12+,14?/m0/s1. The number of aromatic nitrogens is 4. The molecule has 0 spiro atoms. The van der Waals surface area contributed by atoms with E-state index in [0.29, 0.717) is 0 Å². The summed E-state index contributed by atoms with van der Waals surface area (Å²) in [4.78, 5) is 46.8. The Morgan fingerprint density at radius 1 is 1.32 bits per heavy atom. The molecule has 0 aliphatic carbocycles. The van der Waals surface area contributed by atoms with E-state index in [0.717, 1.165) is 17.8 Å². The normalized spacial score (nSPS) is 28.3. The number of ether oxygens (including phenoxy) is 1. The first-order valence-electron chi connectivity index (χ1n) is 9.55. The third-order valence-electron chi connectivity index (χ3n) is 4.68. The Hall–Kier alpha value is -1.65. The van der Waals surface area contributed by atoms with Gasteiger partial charge in [-0.05, 0) is 6.92 Å². The van der Waals surface area contributed by atoms with Gasteiger partial charge in [0.1, 0.15) is 30.0 Å². The van der Waals surface area contributed by atoms with Gasteiger partial charge in [0.25, 0.3) is 0 Å². The average Bonchev–Trinajstić information content (AvgIpc) is 3.23. The van der Waals surface area contributed by atoms with E-state index in [1.54, 1.807) is 0 Å². The highest BCUT2D eigenvalue weighted by Gasteiger charge is 2.58. The Labute approximate surface area is 210 Å². The van der Waals surface area contributed by atoms with Crippen LogP contribution in [-0.2, 0) is 31.6 Å². The van der Waals surface area contributed by atoms with E-state index in [4.69, 9.17) is 32.5 Å². The van der Waals surface area contributed by atoms with Crippen LogP contribution in [0.25, 0.3) is 11.2 Å². The number of aliphatic hydroxyl groups is 2. The van der Waals surface area contributed by atoms with Gasteiger partial charge in [0.15, 0.2) is 22.4 Å². The van der Waals surface area contributed by atoms with Crippen molar-refractivity contribution >= 4 is 52.8 Å². The molecule has 0 bridgehead atoms. The third kappa shape index (κ3) is 6.68. The summed E-state index contributed by atoms with van der Waals surface area (Å²) in [7, 11) is -17.1. The molecule has 1 aliphatic rings. The summed E-state index contributed by atoms with van der Waals surface area (Å²) < 4.78 is 65.9. The van der Waals surface area contributed by atoms with Gasteiger partial charge in [0, 0.05) is 0 Å². The van der Waals surface area contributed by atoms with E-state index in [9.17, 15) is 38.1 Å². The number of nitrogens with two attached hydrogens (primary N) is 1. The van der Waals surface area contributed by atoms with Crippen LogP contribution in [-0.4, -0.2) is 79.9 Å². The fourth-order valence-corrected chi connectivity index (χ4v) is 6.83. The molecule has 3 heterocycles. The minimum atomic E-state index is -5.83. The van der Waals surface area contributed by atoms with E-state index in [2.05, 4.69) is 34.0 Å². The van der Waals surface area contributed by atoms with Crippen molar-refractivity contribution in [2.24, 2.45) is 0 Å². The van der Waals surface area contributed by atoms with Crippen molar-refractivity contribution in [1.29, 1.82) is 0 Å². The Morgan fingerprint density at radius 3 is 2.57 bits per heavy atom. The van der Waals surface area contributed by atoms with Crippen molar-refractivity contribution in [2.45, 2.75) is 37.1 Å². The molecule has 37 heavy (non-hydrogen) atoms. The first kappa shape index (κ1) is 29.9. The van der Waals surface area contributed by atoms with Gasteiger partial charge in [0.2, 0.25) is 0 Å². The van der Waals surface area contributed by atoms with E-state index in [-0.39, 0.29) is 21.8 Å². The number of alkyl halides is 1. The van der Waals surface area contributed by atoms with Crippen LogP contribution in [0, 0.1) is 16.5 Å². The summed E-state index contributed by atoms with van der Waals surface area (Å²) in [5.74, 6) is 3.90. The Kier molecular flexibility index (Phi) is 8.48. The minimum absolute atomic E-state index is 0.0383. The van der Waals surface area contributed by atoms with Crippen LogP contribution in [0.5, 0.6) is 0 Å². The van der Waals surface area contributed by atoms with Gasteiger partial charge in [-0.25, -0.2) is 28.1 Å². The highest BCUT2D eigenvalue weighted by Crippen LogP contribution is 2.66. The smallest absolute Gasteiger partial charge is 0.386 e. The zero-order chi connectivity index (χ0) is 28.0. The molecule has 1 fully saturated rings. The number of H-pyrrole nitrogens is 1. The molecule has 9 N–H and O–H groups in total. The molecule has 2 aromatic heterocycles. The topological polar surface area (TPSA) is 282 Å². The number of aliphatic hydroxyl groups excluding tert-OH is 1. The molecule has 1 saturated heterocycles. The Bertz CT molecular complexity index is 1450. The number of anilines is 1. The Morgan fingerprint density at radius 2 is 1.97 bits per heavy atom. The predicted molar refractivity (Wildman–Crippen MR) is 120 cm³/mol. The number of hydrogen-bond acceptors (Lipinski definition) is 13. The van der Waals surface area contributed by atoms with Crippen LogP contribution in [0.4, 0.5) is 10.3 Å². The van der Waals surface area contributed by atoms with Crippen LogP contribution in [0.1, 0.15) is 13.2 Å². The minimum Gasteiger partial charge on any atom is -0.386 e. The number of nitrogens with zero attached hydrogens (tertiary/aromatic N) is 3. The Balaban J connectivity index is 1.95. The SMILES string of the molecule is C[C@H](OP(=O)(O)OP(=O)(O)OP(=O)(O)O)[C@H]1O[C@@H](n2cnc3c(=S)nc(N)[nH]c32)C(O)(C#CCF)[C@H]1O. The molecule has 206 valence electrons. The van der Waals surface area contributed by atoms with Gasteiger partial charge in [0.05, 0.1) is 12.4 Å². The van der Waals surface area contributed by atoms with Crippen molar-refractivity contribution in [3.05, 3.63) is 11.0 Å². The molecule has 3 unspecified atom stereocenters. The molecule has 7 atom stereocenters. The fourth-order valence-electron chi connectivity index (χ4n) is 3.38. The van der Waals surface area contributed by atoms with Crippen molar-refractivity contribution in [3.8, 4) is 11.8 Å². The van der Waals surface area contributed by atoms with Gasteiger partial charge >= 0.3 is 23.5 Å². The number of phosphoric ester groups is 1. The lowest BCUT2D eigenvalue weighted by atomic mass is 9.92. The van der Waals surface area contributed by atoms with Crippen molar-refractivity contribution in [3.63, 3.8) is 0 Å². The number of phosphoric acid groups is 3. The van der Waals surface area contributed by atoms with Gasteiger partial charge in [-0.3, -0.25) is 9.09 Å². The number of nitrogen functional groups attached to an aromatic ring is 1. The summed E-state index contributed by atoms with van der Waals surface area (Å²) in [6, 6.07) is 0. The summed E-state index contributed by atoms with van der Waals surface area (Å²) >= 11 is 5.07. The molecule has 0 radical (unpaired) electrons. The molecule has 3 rings (SSSR count). The molecule has 18 nitrogen and oxygen atoms in total. The monoisotopic (exact) mass is 609 g/mol. The zero-order valence-corrected chi connectivity index (χ0v) is 21.7. The molecule has 0 saturated carbocycles. The van der Waals surface area contributed by atoms with Gasteiger partial charge < -0.3 is 45.2 Å². The van der Waals surface area contributed by atoms with Crippen LogP contribution < -0.4 is 5.73 Å². The average molecular weight is 609 g/mol. The number of hydrogen-bond donors (Lipinski definition) is 8. The van der Waals surface area contributed by atoms with Gasteiger partial charge in [-0.15, -0.1) is 0 Å². The largest absolute Gasteiger partial charge is 0.490 e. The molecule has 1 aliphatic heterocycles. The third-order valence-corrected chi connectivity index (χ3v) is 8.89. The van der Waals surface area contributed by atoms with Crippen LogP contribution in [0.3, 0.4) is 0 Å². The lowest BCUT2D eigenvalue weighted by Crippen LogP contribution is -2.47. The van der Waals surface area contributed by atoms with Crippen molar-refractivity contribution in [1.82, 2.24) is 19.5 Å². The maximum Gasteiger partial charge on any atom is 0.490 e. The lowest BCUT2D eigenvalue weighted by Gasteiger charge is -2.27. The zero-order valence-electron chi connectivity index (χ0n) is 18.2. The summed E-state index contributed by atoms with van der Waals surface area (Å²) in [6.45, 7) is -0.244. The number of aromatic amines is 1. The lowest BCUT2D eigenvalue weighted by molar-refractivity contribution is -0.0831. The number of imidazole rings is 1. The van der Waals surface area contributed by atoms with E-state index in [1.807, 2.05) is 5.92 Å².